The van der Waals surface area contributed by atoms with Gasteiger partial charge in [-0.1, -0.05) is 37.6 Å². The molecule has 6 nitrogen and oxygen atoms in total. The molecule has 4 aliphatic heterocycles. The number of rotatable bonds is 14. The van der Waals surface area contributed by atoms with Gasteiger partial charge in [-0.25, -0.2) is 0 Å². The molecule has 4 fully saturated rings. The highest BCUT2D eigenvalue weighted by Crippen LogP contribution is 2.33. The normalized spacial score (nSPS) is 27.2. The fourth-order valence-electron chi connectivity index (χ4n) is 4.90. The Kier molecular flexibility index (Phi) is 6.48. The smallest absolute Gasteiger partial charge is 0.0984 e. The topological polar surface area (TPSA) is 56.6 Å². The molecule has 0 amide bonds. The van der Waals surface area contributed by atoms with Gasteiger partial charge in [-0.3, -0.25) is 0 Å². The predicted octanol–water partition coefficient (Wildman–Crippen LogP) is 3.83. The number of epoxide rings is 4. The molecule has 6 heteroatoms. The van der Waals surface area contributed by atoms with E-state index in [-0.39, 0.29) is 0 Å². The Labute approximate surface area is 202 Å². The first-order valence-electron chi connectivity index (χ1n) is 12.9. The van der Waals surface area contributed by atoms with Crippen molar-refractivity contribution in [3.05, 3.63) is 59.7 Å². The maximum atomic E-state index is 5.49. The lowest BCUT2D eigenvalue weighted by Gasteiger charge is -2.26. The summed E-state index contributed by atoms with van der Waals surface area (Å²) in [6.45, 7) is 9.61. The van der Waals surface area contributed by atoms with Crippen molar-refractivity contribution in [3.8, 4) is 0 Å². The lowest BCUT2D eigenvalue weighted by molar-refractivity contribution is 0.388. The van der Waals surface area contributed by atoms with Gasteiger partial charge in [0.2, 0.25) is 0 Å². The van der Waals surface area contributed by atoms with Crippen molar-refractivity contribution in [2.24, 2.45) is 0 Å². The van der Waals surface area contributed by atoms with Crippen LogP contribution in [0.5, 0.6) is 0 Å². The maximum Gasteiger partial charge on any atom is 0.0984 e. The van der Waals surface area contributed by atoms with Gasteiger partial charge in [-0.15, -0.1) is 0 Å². The third kappa shape index (κ3) is 5.92. The summed E-state index contributed by atoms with van der Waals surface area (Å²) in [4.78, 5) is 4.84. The zero-order chi connectivity index (χ0) is 22.9. The van der Waals surface area contributed by atoms with Crippen LogP contribution >= 0.6 is 0 Å². The van der Waals surface area contributed by atoms with E-state index in [1.165, 1.54) is 22.5 Å². The third-order valence-corrected chi connectivity index (χ3v) is 7.20. The van der Waals surface area contributed by atoms with E-state index in [2.05, 4.69) is 65.3 Å². The first-order chi connectivity index (χ1) is 16.7. The third-order valence-electron chi connectivity index (χ3n) is 7.20. The van der Waals surface area contributed by atoms with Crippen LogP contribution in [0.15, 0.2) is 48.5 Å². The van der Waals surface area contributed by atoms with Crippen molar-refractivity contribution in [1.82, 2.24) is 0 Å². The monoisotopic (exact) mass is 464 g/mol. The number of hydrogen-bond acceptors (Lipinski definition) is 6. The molecule has 0 aromatic heterocycles. The van der Waals surface area contributed by atoms with Crippen LogP contribution in [0.25, 0.3) is 0 Å². The molecule has 0 radical (unpaired) electrons. The quantitative estimate of drug-likeness (QED) is 0.396. The fraction of sp³-hybridized carbons (Fsp3) is 0.571. The Morgan fingerprint density at radius 2 is 0.941 bits per heavy atom. The number of anilines is 2. The van der Waals surface area contributed by atoms with Crippen molar-refractivity contribution >= 4 is 11.4 Å². The van der Waals surface area contributed by atoms with E-state index in [1.807, 2.05) is 0 Å². The van der Waals surface area contributed by atoms with Gasteiger partial charge in [-0.2, -0.15) is 0 Å². The molecule has 0 saturated carbocycles. The number of hydrogen-bond donors (Lipinski definition) is 0. The molecule has 4 heterocycles. The van der Waals surface area contributed by atoms with Crippen molar-refractivity contribution in [2.75, 3.05) is 62.4 Å². The molecular weight excluding hydrogens is 428 g/mol. The summed E-state index contributed by atoms with van der Waals surface area (Å²) in [5.41, 5.74) is 5.30. The van der Waals surface area contributed by atoms with E-state index < -0.39 is 0 Å². The van der Waals surface area contributed by atoms with Crippen LogP contribution in [0.1, 0.15) is 36.8 Å². The van der Waals surface area contributed by atoms with E-state index in [0.29, 0.717) is 30.3 Å². The van der Waals surface area contributed by atoms with Gasteiger partial charge < -0.3 is 28.7 Å². The molecule has 182 valence electrons. The Morgan fingerprint density at radius 3 is 1.21 bits per heavy atom. The fourth-order valence-corrected chi connectivity index (χ4v) is 4.90. The summed E-state index contributed by atoms with van der Waals surface area (Å²) in [6.07, 6.45) is 3.81. The van der Waals surface area contributed by atoms with E-state index in [1.54, 1.807) is 0 Å². The maximum absolute atomic E-state index is 5.49. The Hall–Kier alpha value is -2.12. The van der Waals surface area contributed by atoms with E-state index >= 15 is 0 Å². The van der Waals surface area contributed by atoms with Gasteiger partial charge in [0.15, 0.2) is 0 Å². The van der Waals surface area contributed by atoms with Crippen molar-refractivity contribution < 1.29 is 18.9 Å². The highest BCUT2D eigenvalue weighted by atomic mass is 16.6. The van der Waals surface area contributed by atoms with Crippen LogP contribution < -0.4 is 9.80 Å². The molecule has 4 aliphatic rings. The van der Waals surface area contributed by atoms with Crippen LogP contribution in [0.4, 0.5) is 11.4 Å². The van der Waals surface area contributed by atoms with Crippen LogP contribution in [-0.4, -0.2) is 77.0 Å². The van der Waals surface area contributed by atoms with E-state index in [0.717, 1.165) is 65.4 Å². The van der Waals surface area contributed by atoms with Gasteiger partial charge in [0.1, 0.15) is 0 Å². The van der Waals surface area contributed by atoms with E-state index in [9.17, 15) is 0 Å². The largest absolute Gasteiger partial charge is 0.371 e. The Morgan fingerprint density at radius 1 is 0.618 bits per heavy atom. The average molecular weight is 465 g/mol. The second-order valence-electron chi connectivity index (χ2n) is 10.2. The van der Waals surface area contributed by atoms with Crippen LogP contribution in [0, 0.1) is 0 Å². The average Bonchev–Trinajstić information content (AvgIpc) is 3.70. The first kappa shape index (κ1) is 22.4. The Balaban J connectivity index is 1.16. The molecule has 34 heavy (non-hydrogen) atoms. The van der Waals surface area contributed by atoms with Gasteiger partial charge >= 0.3 is 0 Å². The molecule has 0 N–H and O–H groups in total. The molecule has 0 bridgehead atoms. The van der Waals surface area contributed by atoms with Crippen molar-refractivity contribution in [1.29, 1.82) is 0 Å². The van der Waals surface area contributed by atoms with Crippen LogP contribution in [0.2, 0.25) is 0 Å². The number of ether oxygens (including phenoxy) is 4. The summed E-state index contributed by atoms with van der Waals surface area (Å²) in [6, 6.07) is 18.4. The molecule has 6 rings (SSSR count). The van der Waals surface area contributed by atoms with Crippen molar-refractivity contribution in [2.45, 2.75) is 50.1 Å². The van der Waals surface area contributed by atoms with Gasteiger partial charge in [0.25, 0.3) is 0 Å². The minimum atomic E-state index is 0.377. The molecule has 0 aliphatic carbocycles. The van der Waals surface area contributed by atoms with Crippen molar-refractivity contribution in [3.63, 3.8) is 0 Å². The molecule has 4 atom stereocenters. The molecule has 0 spiro atoms. The predicted molar refractivity (Wildman–Crippen MR) is 133 cm³/mol. The number of nitrogens with zero attached hydrogens (tertiary/aromatic N) is 2. The van der Waals surface area contributed by atoms with Gasteiger partial charge in [0.05, 0.1) is 50.8 Å². The van der Waals surface area contributed by atoms with Crippen LogP contribution in [-0.2, 0) is 18.9 Å². The summed E-state index contributed by atoms with van der Waals surface area (Å²) in [5, 5.41) is 0. The highest BCUT2D eigenvalue weighted by molar-refractivity contribution is 5.52. The van der Waals surface area contributed by atoms with Gasteiger partial charge in [0, 0.05) is 43.5 Å². The van der Waals surface area contributed by atoms with E-state index in [4.69, 9.17) is 18.9 Å². The zero-order valence-electron chi connectivity index (χ0n) is 20.1. The van der Waals surface area contributed by atoms with Crippen LogP contribution in [0.3, 0.4) is 0 Å². The lowest BCUT2D eigenvalue weighted by Crippen LogP contribution is -2.31. The summed E-state index contributed by atoms with van der Waals surface area (Å²) >= 11 is 0. The number of benzene rings is 2. The van der Waals surface area contributed by atoms with Gasteiger partial charge in [-0.05, 0) is 41.8 Å². The summed E-state index contributed by atoms with van der Waals surface area (Å²) < 4.78 is 22.0. The first-order valence-corrected chi connectivity index (χ1v) is 12.9. The molecule has 4 unspecified atom stereocenters. The molecule has 2 aromatic rings. The molecule has 2 aromatic carbocycles. The Bertz CT molecular complexity index is 830. The minimum absolute atomic E-state index is 0.377. The highest BCUT2D eigenvalue weighted by Gasteiger charge is 2.32. The molecular formula is C28H36N2O4. The minimum Gasteiger partial charge on any atom is -0.371 e. The lowest BCUT2D eigenvalue weighted by atomic mass is 9.87. The second kappa shape index (κ2) is 9.86. The SMILES string of the molecule is CCCC(c1ccc(N(CC2CO2)CC2CO2)cc1)c1ccc(N(CC2CO2)CC2CO2)cc1. The summed E-state index contributed by atoms with van der Waals surface area (Å²) in [7, 11) is 0. The molecule has 4 saturated heterocycles. The second-order valence-corrected chi connectivity index (χ2v) is 10.2. The zero-order valence-corrected chi connectivity index (χ0v) is 20.1. The standard InChI is InChI=1S/C28H36N2O4/c1-2-3-28(20-4-8-22(9-5-20)29(12-24-16-31-24)13-25-17-32-25)21-6-10-23(11-7-21)30(14-26-18-33-26)15-27-19-34-27/h4-11,24-28H,2-3,12-19H2,1H3. The summed E-state index contributed by atoms with van der Waals surface area (Å²) in [5.74, 6) is 0.409.